The first-order valence-corrected chi connectivity index (χ1v) is 7.90. The second-order valence-electron chi connectivity index (χ2n) is 6.57. The van der Waals surface area contributed by atoms with Crippen LogP contribution in [0.4, 0.5) is 0 Å². The predicted octanol–water partition coefficient (Wildman–Crippen LogP) is 3.81. The fraction of sp³-hybridized carbons (Fsp3) is 0.588. The van der Waals surface area contributed by atoms with Gasteiger partial charge in [-0.15, -0.1) is 0 Å². The smallest absolute Gasteiger partial charge is 0.129 e. The predicted molar refractivity (Wildman–Crippen MR) is 89.7 cm³/mol. The number of thiocarbonyl (C=S) groups is 1. The van der Waals surface area contributed by atoms with Gasteiger partial charge in [0.05, 0.1) is 25.4 Å². The molecule has 21 heavy (non-hydrogen) atoms. The summed E-state index contributed by atoms with van der Waals surface area (Å²) in [7, 11) is 1.63. The van der Waals surface area contributed by atoms with E-state index in [1.807, 2.05) is 18.2 Å². The Balaban J connectivity index is 1.93. The Morgan fingerprint density at radius 1 is 1.33 bits per heavy atom. The van der Waals surface area contributed by atoms with Crippen LogP contribution in [0.5, 0.6) is 5.75 Å². The summed E-state index contributed by atoms with van der Waals surface area (Å²) in [5.41, 5.74) is 8.02. The molecule has 4 heteroatoms. The van der Waals surface area contributed by atoms with Gasteiger partial charge in [0.25, 0.3) is 0 Å². The first kappa shape index (κ1) is 16.2. The van der Waals surface area contributed by atoms with Crippen molar-refractivity contribution < 1.29 is 9.47 Å². The van der Waals surface area contributed by atoms with Crippen LogP contribution in [0.25, 0.3) is 0 Å². The maximum atomic E-state index is 6.04. The minimum Gasteiger partial charge on any atom is -0.496 e. The third kappa shape index (κ3) is 4.42. The summed E-state index contributed by atoms with van der Waals surface area (Å²) >= 11 is 5.01. The molecule has 0 heterocycles. The highest BCUT2D eigenvalue weighted by atomic mass is 32.1. The van der Waals surface area contributed by atoms with Gasteiger partial charge in [-0.2, -0.15) is 0 Å². The first-order chi connectivity index (χ1) is 9.91. The Bertz CT molecular complexity index is 504. The molecule has 1 aliphatic rings. The van der Waals surface area contributed by atoms with E-state index < -0.39 is 0 Å². The Hall–Kier alpha value is -1.13. The number of ether oxygens (including phenoxy) is 2. The quantitative estimate of drug-likeness (QED) is 0.840. The van der Waals surface area contributed by atoms with Crippen molar-refractivity contribution in [3.05, 3.63) is 29.3 Å². The van der Waals surface area contributed by atoms with E-state index in [-0.39, 0.29) is 0 Å². The molecule has 0 aromatic heterocycles. The third-order valence-corrected chi connectivity index (χ3v) is 4.52. The van der Waals surface area contributed by atoms with Gasteiger partial charge in [-0.3, -0.25) is 0 Å². The van der Waals surface area contributed by atoms with Crippen LogP contribution in [0.15, 0.2) is 18.2 Å². The van der Waals surface area contributed by atoms with E-state index in [1.165, 1.54) is 12.8 Å². The highest BCUT2D eigenvalue weighted by molar-refractivity contribution is 7.80. The summed E-state index contributed by atoms with van der Waals surface area (Å²) in [5, 5.41) is 0. The molecule has 116 valence electrons. The molecule has 0 bridgehead atoms. The SMILES string of the molecule is COc1cc(COC2CCC(C)(C)CC2)ccc1C(N)=S. The molecule has 0 spiro atoms. The second kappa shape index (κ2) is 6.75. The van der Waals surface area contributed by atoms with Gasteiger partial charge in [0.1, 0.15) is 10.7 Å². The van der Waals surface area contributed by atoms with Gasteiger partial charge in [-0.1, -0.05) is 32.1 Å². The molecule has 0 aliphatic heterocycles. The highest BCUT2D eigenvalue weighted by Crippen LogP contribution is 2.36. The summed E-state index contributed by atoms with van der Waals surface area (Å²) < 4.78 is 11.4. The topological polar surface area (TPSA) is 44.5 Å². The molecule has 1 saturated carbocycles. The van der Waals surface area contributed by atoms with Crippen molar-refractivity contribution in [3.8, 4) is 5.75 Å². The molecule has 1 aromatic rings. The molecule has 1 aliphatic carbocycles. The lowest BCUT2D eigenvalue weighted by Crippen LogP contribution is -2.26. The summed E-state index contributed by atoms with van der Waals surface area (Å²) in [6, 6.07) is 5.87. The van der Waals surface area contributed by atoms with E-state index in [0.717, 1.165) is 24.0 Å². The molecular formula is C17H25NO2S. The molecule has 1 aromatic carbocycles. The zero-order valence-corrected chi connectivity index (χ0v) is 14.0. The van der Waals surface area contributed by atoms with Crippen LogP contribution >= 0.6 is 12.2 Å². The number of methoxy groups -OCH3 is 1. The van der Waals surface area contributed by atoms with Crippen molar-refractivity contribution in [2.24, 2.45) is 11.1 Å². The maximum absolute atomic E-state index is 6.04. The maximum Gasteiger partial charge on any atom is 0.129 e. The molecule has 3 nitrogen and oxygen atoms in total. The molecule has 1 fully saturated rings. The molecular weight excluding hydrogens is 282 g/mol. The molecule has 0 atom stereocenters. The van der Waals surface area contributed by atoms with E-state index in [1.54, 1.807) is 7.11 Å². The lowest BCUT2D eigenvalue weighted by Gasteiger charge is -2.34. The largest absolute Gasteiger partial charge is 0.496 e. The van der Waals surface area contributed by atoms with Crippen LogP contribution in [-0.2, 0) is 11.3 Å². The lowest BCUT2D eigenvalue weighted by atomic mass is 9.76. The summed E-state index contributed by atoms with van der Waals surface area (Å²) in [6.45, 7) is 5.28. The van der Waals surface area contributed by atoms with Crippen LogP contribution in [0.1, 0.15) is 50.7 Å². The van der Waals surface area contributed by atoms with Gasteiger partial charge < -0.3 is 15.2 Å². The first-order valence-electron chi connectivity index (χ1n) is 7.49. The van der Waals surface area contributed by atoms with Gasteiger partial charge in [0.15, 0.2) is 0 Å². The molecule has 2 rings (SSSR count). The number of hydrogen-bond donors (Lipinski definition) is 1. The Labute approximate surface area is 132 Å². The van der Waals surface area contributed by atoms with E-state index >= 15 is 0 Å². The Morgan fingerprint density at radius 2 is 2.00 bits per heavy atom. The lowest BCUT2D eigenvalue weighted by molar-refractivity contribution is -0.00563. The average molecular weight is 307 g/mol. The van der Waals surface area contributed by atoms with Crippen LogP contribution in [0, 0.1) is 5.41 Å². The number of hydrogen-bond acceptors (Lipinski definition) is 3. The van der Waals surface area contributed by atoms with Gasteiger partial charge in [0, 0.05) is 0 Å². The zero-order chi connectivity index (χ0) is 15.5. The molecule has 2 N–H and O–H groups in total. The molecule has 0 unspecified atom stereocenters. The molecule has 0 saturated heterocycles. The Morgan fingerprint density at radius 3 is 2.57 bits per heavy atom. The van der Waals surface area contributed by atoms with Crippen molar-refractivity contribution in [2.75, 3.05) is 7.11 Å². The minimum atomic E-state index is 0.355. The standard InChI is InChI=1S/C17H25NO2S/c1-17(2)8-6-13(7-9-17)20-11-12-4-5-14(16(18)21)15(10-12)19-3/h4-5,10,13H,6-9,11H2,1-3H3,(H2,18,21). The van der Waals surface area contributed by atoms with Crippen molar-refractivity contribution in [1.29, 1.82) is 0 Å². The number of rotatable bonds is 5. The van der Waals surface area contributed by atoms with E-state index in [9.17, 15) is 0 Å². The van der Waals surface area contributed by atoms with Gasteiger partial charge in [-0.25, -0.2) is 0 Å². The molecule has 0 radical (unpaired) electrons. The van der Waals surface area contributed by atoms with Crippen molar-refractivity contribution in [1.82, 2.24) is 0 Å². The van der Waals surface area contributed by atoms with Crippen molar-refractivity contribution in [3.63, 3.8) is 0 Å². The minimum absolute atomic E-state index is 0.355. The fourth-order valence-corrected chi connectivity index (χ4v) is 2.95. The average Bonchev–Trinajstić information content (AvgIpc) is 2.45. The van der Waals surface area contributed by atoms with Crippen LogP contribution in [0.3, 0.4) is 0 Å². The number of benzene rings is 1. The Kier molecular flexibility index (Phi) is 5.22. The highest BCUT2D eigenvalue weighted by Gasteiger charge is 2.27. The number of nitrogens with two attached hydrogens (primary N) is 1. The second-order valence-corrected chi connectivity index (χ2v) is 7.01. The van der Waals surface area contributed by atoms with Crippen molar-refractivity contribution in [2.45, 2.75) is 52.2 Å². The summed E-state index contributed by atoms with van der Waals surface area (Å²) in [6.07, 6.45) is 5.15. The summed E-state index contributed by atoms with van der Waals surface area (Å²) in [5.74, 6) is 0.716. The normalized spacial score (nSPS) is 18.4. The monoisotopic (exact) mass is 307 g/mol. The van der Waals surface area contributed by atoms with Crippen LogP contribution in [-0.4, -0.2) is 18.2 Å². The third-order valence-electron chi connectivity index (χ3n) is 4.30. The van der Waals surface area contributed by atoms with Gasteiger partial charge in [-0.05, 0) is 48.8 Å². The van der Waals surface area contributed by atoms with Gasteiger partial charge in [0.2, 0.25) is 0 Å². The summed E-state index contributed by atoms with van der Waals surface area (Å²) in [4.78, 5) is 0.355. The van der Waals surface area contributed by atoms with Crippen LogP contribution in [0.2, 0.25) is 0 Å². The van der Waals surface area contributed by atoms with Gasteiger partial charge >= 0.3 is 0 Å². The van der Waals surface area contributed by atoms with E-state index in [0.29, 0.717) is 28.9 Å². The zero-order valence-electron chi connectivity index (χ0n) is 13.1. The van der Waals surface area contributed by atoms with E-state index in [2.05, 4.69) is 13.8 Å². The fourth-order valence-electron chi connectivity index (χ4n) is 2.78. The van der Waals surface area contributed by atoms with E-state index in [4.69, 9.17) is 27.4 Å². The van der Waals surface area contributed by atoms with Crippen LogP contribution < -0.4 is 10.5 Å². The van der Waals surface area contributed by atoms with Crippen molar-refractivity contribution >= 4 is 17.2 Å². The molecule has 0 amide bonds.